The lowest BCUT2D eigenvalue weighted by molar-refractivity contribution is -0.491. The molecular weight excluding hydrogens is 450 g/mol. The highest BCUT2D eigenvalue weighted by Crippen LogP contribution is 2.13. The Balaban J connectivity index is 0.00000625. The maximum Gasteiger partial charge on any atom is 0.179 e. The fourth-order valence-electron chi connectivity index (χ4n) is 3.24. The van der Waals surface area contributed by atoms with Crippen LogP contribution in [0.15, 0.2) is 24.3 Å². The third kappa shape index (κ3) is 11.5. The van der Waals surface area contributed by atoms with Crippen LogP contribution in [0.5, 0.6) is 0 Å². The molecule has 26 heavy (non-hydrogen) atoms. The Bertz CT molecular complexity index is 479. The molecule has 1 aromatic rings. The largest absolute Gasteiger partial charge is 1.00 e. The van der Waals surface area contributed by atoms with Crippen LogP contribution in [-0.4, -0.2) is 29.2 Å². The zero-order chi connectivity index (χ0) is 18.3. The molecule has 0 saturated carbocycles. The summed E-state index contributed by atoms with van der Waals surface area (Å²) in [6.45, 7) is 5.54. The van der Waals surface area contributed by atoms with Gasteiger partial charge in [0.15, 0.2) is 12.3 Å². The van der Waals surface area contributed by atoms with Gasteiger partial charge in [0, 0.05) is 12.5 Å². The van der Waals surface area contributed by atoms with E-state index in [1.165, 1.54) is 87.5 Å². The van der Waals surface area contributed by atoms with Crippen molar-refractivity contribution in [2.45, 2.75) is 84.5 Å². The summed E-state index contributed by atoms with van der Waals surface area (Å²) in [5.74, 6) is 0. The molecule has 0 atom stereocenters. The van der Waals surface area contributed by atoms with Crippen LogP contribution in [-0.2, 0) is 6.42 Å². The zero-order valence-corrected chi connectivity index (χ0v) is 20.4. The van der Waals surface area contributed by atoms with Crippen LogP contribution in [0, 0.1) is 0 Å². The first-order valence-corrected chi connectivity index (χ1v) is 11.5. The SMILES string of the molecule is CCCCCCCCCCCCc1ccc(C(C)=[N+](C)CCBr)cc1.[Br-]. The van der Waals surface area contributed by atoms with Crippen LogP contribution < -0.4 is 17.0 Å². The summed E-state index contributed by atoms with van der Waals surface area (Å²) in [5, 5.41) is 1.01. The standard InChI is InChI=1S/C23H39BrN.BrH/c1-4-5-6-7-8-9-10-11-12-13-14-22-15-17-23(18-16-22)21(2)25(3)20-19-24;/h15-18H,4-14,19-20H2,1-3H3;1H/q+1;/p-1. The zero-order valence-electron chi connectivity index (χ0n) is 17.2. The molecule has 0 bridgehead atoms. The highest BCUT2D eigenvalue weighted by molar-refractivity contribution is 9.09. The lowest BCUT2D eigenvalue weighted by Crippen LogP contribution is -3.00. The van der Waals surface area contributed by atoms with Crippen LogP contribution in [0.1, 0.15) is 89.2 Å². The second-order valence-electron chi connectivity index (χ2n) is 7.32. The average molecular weight is 489 g/mol. The Kier molecular flexibility index (Phi) is 16.9. The molecule has 0 unspecified atom stereocenters. The summed E-state index contributed by atoms with van der Waals surface area (Å²) in [4.78, 5) is 0. The van der Waals surface area contributed by atoms with Crippen molar-refractivity contribution in [2.75, 3.05) is 18.9 Å². The van der Waals surface area contributed by atoms with Gasteiger partial charge in [-0.3, -0.25) is 0 Å². The number of benzene rings is 1. The second kappa shape index (κ2) is 17.0. The van der Waals surface area contributed by atoms with E-state index < -0.39 is 0 Å². The Morgan fingerprint density at radius 1 is 0.846 bits per heavy atom. The molecule has 0 N–H and O–H groups in total. The van der Waals surface area contributed by atoms with E-state index in [-0.39, 0.29) is 17.0 Å². The smallest absolute Gasteiger partial charge is 0.179 e. The van der Waals surface area contributed by atoms with Crippen molar-refractivity contribution < 1.29 is 21.6 Å². The highest BCUT2D eigenvalue weighted by atomic mass is 79.9. The first kappa shape index (κ1) is 25.9. The van der Waals surface area contributed by atoms with Gasteiger partial charge in [-0.25, -0.2) is 4.58 Å². The molecule has 0 aliphatic rings. The molecule has 0 radical (unpaired) electrons. The fraction of sp³-hybridized carbons (Fsp3) is 0.696. The van der Waals surface area contributed by atoms with E-state index in [1.54, 1.807) is 0 Å². The van der Waals surface area contributed by atoms with Crippen molar-refractivity contribution in [1.82, 2.24) is 0 Å². The molecule has 1 aromatic carbocycles. The number of alkyl halides is 1. The maximum atomic E-state index is 3.51. The van der Waals surface area contributed by atoms with Crippen molar-refractivity contribution in [3.63, 3.8) is 0 Å². The number of rotatable bonds is 14. The van der Waals surface area contributed by atoms with E-state index >= 15 is 0 Å². The normalized spacial score (nSPS) is 11.8. The third-order valence-corrected chi connectivity index (χ3v) is 5.54. The Hall–Kier alpha value is -0.150. The van der Waals surface area contributed by atoms with Crippen molar-refractivity contribution in [3.8, 4) is 0 Å². The van der Waals surface area contributed by atoms with Gasteiger partial charge >= 0.3 is 0 Å². The maximum absolute atomic E-state index is 3.51. The van der Waals surface area contributed by atoms with Crippen LogP contribution in [0.3, 0.4) is 0 Å². The van der Waals surface area contributed by atoms with E-state index in [1.807, 2.05) is 0 Å². The Morgan fingerprint density at radius 3 is 1.85 bits per heavy atom. The molecule has 0 aromatic heterocycles. The van der Waals surface area contributed by atoms with E-state index in [4.69, 9.17) is 0 Å². The van der Waals surface area contributed by atoms with Crippen LogP contribution >= 0.6 is 15.9 Å². The van der Waals surface area contributed by atoms with Crippen molar-refractivity contribution in [1.29, 1.82) is 0 Å². The molecule has 0 spiro atoms. The van der Waals surface area contributed by atoms with E-state index in [0.29, 0.717) is 0 Å². The molecule has 0 aliphatic heterocycles. The van der Waals surface area contributed by atoms with Gasteiger partial charge in [0.1, 0.15) is 7.05 Å². The number of aryl methyl sites for hydroxylation is 1. The quantitative estimate of drug-likeness (QED) is 0.161. The molecule has 1 rings (SSSR count). The van der Waals surface area contributed by atoms with E-state index in [0.717, 1.165) is 11.9 Å². The molecule has 0 aliphatic carbocycles. The average Bonchev–Trinajstić information content (AvgIpc) is 2.63. The lowest BCUT2D eigenvalue weighted by atomic mass is 10.0. The van der Waals surface area contributed by atoms with Crippen LogP contribution in [0.25, 0.3) is 0 Å². The monoisotopic (exact) mass is 487 g/mol. The van der Waals surface area contributed by atoms with Gasteiger partial charge in [0.25, 0.3) is 0 Å². The third-order valence-electron chi connectivity index (χ3n) is 5.18. The van der Waals surface area contributed by atoms with Gasteiger partial charge in [0.2, 0.25) is 0 Å². The first-order chi connectivity index (χ1) is 12.2. The molecule has 0 saturated heterocycles. The van der Waals surface area contributed by atoms with Gasteiger partial charge < -0.3 is 17.0 Å². The predicted octanol–water partition coefficient (Wildman–Crippen LogP) is 4.00. The summed E-state index contributed by atoms with van der Waals surface area (Å²) < 4.78 is 2.31. The van der Waals surface area contributed by atoms with E-state index in [9.17, 15) is 0 Å². The number of unbranched alkanes of at least 4 members (excludes halogenated alkanes) is 9. The molecule has 1 nitrogen and oxygen atoms in total. The number of nitrogens with zero attached hydrogens (tertiary/aromatic N) is 1. The minimum Gasteiger partial charge on any atom is -1.00 e. The molecule has 0 heterocycles. The minimum atomic E-state index is 0. The van der Waals surface area contributed by atoms with Crippen molar-refractivity contribution in [2.24, 2.45) is 0 Å². The number of hydrogen-bond acceptors (Lipinski definition) is 0. The summed E-state index contributed by atoms with van der Waals surface area (Å²) >= 11 is 3.51. The molecule has 0 fully saturated rings. The summed E-state index contributed by atoms with van der Waals surface area (Å²) in [5.41, 5.74) is 4.18. The van der Waals surface area contributed by atoms with E-state index in [2.05, 4.69) is 65.7 Å². The molecule has 3 heteroatoms. The van der Waals surface area contributed by atoms with Gasteiger partial charge in [0.05, 0.1) is 5.33 Å². The number of hydrogen-bond donors (Lipinski definition) is 0. The van der Waals surface area contributed by atoms with Gasteiger partial charge in [-0.05, 0) is 30.5 Å². The first-order valence-electron chi connectivity index (χ1n) is 10.4. The van der Waals surface area contributed by atoms with Gasteiger partial charge in [-0.1, -0.05) is 92.8 Å². The van der Waals surface area contributed by atoms with Gasteiger partial charge in [-0.2, -0.15) is 0 Å². The Morgan fingerprint density at radius 2 is 1.35 bits per heavy atom. The molecule has 150 valence electrons. The summed E-state index contributed by atoms with van der Waals surface area (Å²) in [6.07, 6.45) is 15.3. The minimum absolute atomic E-state index is 0. The fourth-order valence-corrected chi connectivity index (χ4v) is 3.78. The lowest BCUT2D eigenvalue weighted by Gasteiger charge is -2.05. The second-order valence-corrected chi connectivity index (χ2v) is 8.12. The molecule has 0 amide bonds. The summed E-state index contributed by atoms with van der Waals surface area (Å²) in [7, 11) is 2.16. The topological polar surface area (TPSA) is 3.01 Å². The van der Waals surface area contributed by atoms with Crippen molar-refractivity contribution >= 4 is 21.6 Å². The Labute approximate surface area is 181 Å². The van der Waals surface area contributed by atoms with Crippen molar-refractivity contribution in [3.05, 3.63) is 35.4 Å². The van der Waals surface area contributed by atoms with Gasteiger partial charge in [-0.15, -0.1) is 0 Å². The highest BCUT2D eigenvalue weighted by Gasteiger charge is 2.07. The number of halogens is 2. The molecular formula is C23H39Br2N. The summed E-state index contributed by atoms with van der Waals surface area (Å²) in [6, 6.07) is 9.19. The van der Waals surface area contributed by atoms with Crippen LogP contribution in [0.4, 0.5) is 0 Å². The predicted molar refractivity (Wildman–Crippen MR) is 117 cm³/mol. The van der Waals surface area contributed by atoms with Crippen LogP contribution in [0.2, 0.25) is 0 Å².